The van der Waals surface area contributed by atoms with Crippen LogP contribution in [0.5, 0.6) is 5.75 Å². The molecular weight excluding hydrogens is 282 g/mol. The number of hydrogen-bond donors (Lipinski definition) is 0. The molecule has 1 aliphatic heterocycles. The van der Waals surface area contributed by atoms with Crippen molar-refractivity contribution in [2.75, 3.05) is 47.9 Å². The molecule has 0 N–H and O–H groups in total. The van der Waals surface area contributed by atoms with E-state index in [9.17, 15) is 9.59 Å². The number of carbonyl (C=O) groups is 2. The molecule has 6 nitrogen and oxygen atoms in total. The summed E-state index contributed by atoms with van der Waals surface area (Å²) in [4.78, 5) is 30.6. The van der Waals surface area contributed by atoms with Crippen LogP contribution < -0.4 is 4.74 Å². The second kappa shape index (κ2) is 6.79. The van der Waals surface area contributed by atoms with Crippen LogP contribution in [0.2, 0.25) is 0 Å². The Morgan fingerprint density at radius 1 is 1.23 bits per heavy atom. The maximum atomic E-state index is 12.9. The van der Waals surface area contributed by atoms with Gasteiger partial charge in [0.25, 0.3) is 5.91 Å². The number of amides is 2. The first-order chi connectivity index (χ1) is 10.5. The molecular formula is C16H23N3O3. The number of carbonyl (C=O) groups excluding carboxylic acids is 2. The molecule has 1 heterocycles. The highest BCUT2D eigenvalue weighted by Crippen LogP contribution is 2.22. The van der Waals surface area contributed by atoms with Crippen LogP contribution in [0, 0.1) is 0 Å². The number of piperazine rings is 1. The van der Waals surface area contributed by atoms with Gasteiger partial charge in [0, 0.05) is 33.7 Å². The predicted molar refractivity (Wildman–Crippen MR) is 84.0 cm³/mol. The molecule has 0 aromatic heterocycles. The third-order valence-electron chi connectivity index (χ3n) is 3.91. The number of nitrogens with zero attached hydrogens (tertiary/aromatic N) is 3. The number of hydrogen-bond acceptors (Lipinski definition) is 4. The summed E-state index contributed by atoms with van der Waals surface area (Å²) in [7, 11) is 6.92. The fourth-order valence-electron chi connectivity index (χ4n) is 2.65. The zero-order valence-electron chi connectivity index (χ0n) is 13.6. The maximum absolute atomic E-state index is 12.9. The molecule has 1 saturated heterocycles. The minimum Gasteiger partial charge on any atom is -0.496 e. The van der Waals surface area contributed by atoms with E-state index in [1.54, 1.807) is 44.3 Å². The van der Waals surface area contributed by atoms with E-state index in [0.29, 0.717) is 24.4 Å². The van der Waals surface area contributed by atoms with Gasteiger partial charge >= 0.3 is 0 Å². The first-order valence-electron chi connectivity index (χ1n) is 7.29. The zero-order chi connectivity index (χ0) is 16.3. The number of para-hydroxylation sites is 1. The minimum atomic E-state index is -0.467. The Labute approximate surface area is 131 Å². The first kappa shape index (κ1) is 16.3. The van der Waals surface area contributed by atoms with Crippen molar-refractivity contribution in [3.8, 4) is 5.75 Å². The molecule has 1 aromatic carbocycles. The summed E-state index contributed by atoms with van der Waals surface area (Å²) >= 11 is 0. The molecule has 22 heavy (non-hydrogen) atoms. The van der Waals surface area contributed by atoms with Crippen molar-refractivity contribution < 1.29 is 14.3 Å². The van der Waals surface area contributed by atoms with Gasteiger partial charge in [-0.15, -0.1) is 0 Å². The quantitative estimate of drug-likeness (QED) is 0.818. The highest BCUT2D eigenvalue weighted by Gasteiger charge is 2.36. The topological polar surface area (TPSA) is 53.1 Å². The number of methoxy groups -OCH3 is 1. The maximum Gasteiger partial charge on any atom is 0.258 e. The van der Waals surface area contributed by atoms with Gasteiger partial charge in [0.15, 0.2) is 0 Å². The van der Waals surface area contributed by atoms with Crippen LogP contribution in [-0.2, 0) is 4.79 Å². The van der Waals surface area contributed by atoms with Gasteiger partial charge in [0.1, 0.15) is 11.8 Å². The second-order valence-electron chi connectivity index (χ2n) is 5.71. The first-order valence-corrected chi connectivity index (χ1v) is 7.29. The van der Waals surface area contributed by atoms with Gasteiger partial charge in [-0.25, -0.2) is 0 Å². The van der Waals surface area contributed by atoms with Crippen LogP contribution in [0.3, 0.4) is 0 Å². The van der Waals surface area contributed by atoms with Crippen LogP contribution in [0.4, 0.5) is 0 Å². The molecule has 0 saturated carbocycles. The summed E-state index contributed by atoms with van der Waals surface area (Å²) in [6.45, 7) is 1.81. The lowest BCUT2D eigenvalue weighted by molar-refractivity contribution is -0.135. The van der Waals surface area contributed by atoms with Gasteiger partial charge in [0.2, 0.25) is 5.91 Å². The van der Waals surface area contributed by atoms with E-state index in [4.69, 9.17) is 4.74 Å². The van der Waals surface area contributed by atoms with E-state index in [1.807, 2.05) is 13.1 Å². The average Bonchev–Trinajstić information content (AvgIpc) is 2.53. The molecule has 0 aliphatic carbocycles. The molecule has 1 fully saturated rings. The van der Waals surface area contributed by atoms with Crippen LogP contribution in [-0.4, -0.2) is 80.4 Å². The van der Waals surface area contributed by atoms with Gasteiger partial charge in [-0.2, -0.15) is 0 Å². The number of rotatable bonds is 3. The minimum absolute atomic E-state index is 0.0604. The molecule has 2 amide bonds. The summed E-state index contributed by atoms with van der Waals surface area (Å²) in [6, 6.07) is 6.64. The Hall–Kier alpha value is -2.08. The van der Waals surface area contributed by atoms with E-state index in [-0.39, 0.29) is 11.8 Å². The van der Waals surface area contributed by atoms with E-state index in [0.717, 1.165) is 6.54 Å². The summed E-state index contributed by atoms with van der Waals surface area (Å²) < 4.78 is 5.27. The van der Waals surface area contributed by atoms with E-state index in [2.05, 4.69) is 4.90 Å². The molecule has 0 unspecified atom stereocenters. The lowest BCUT2D eigenvalue weighted by Crippen LogP contribution is -2.59. The lowest BCUT2D eigenvalue weighted by atomic mass is 10.1. The molecule has 0 spiro atoms. The summed E-state index contributed by atoms with van der Waals surface area (Å²) in [5.41, 5.74) is 0.492. The summed E-state index contributed by atoms with van der Waals surface area (Å²) in [5, 5.41) is 0. The molecule has 0 bridgehead atoms. The molecule has 1 aromatic rings. The van der Waals surface area contributed by atoms with Gasteiger partial charge in [0.05, 0.1) is 12.7 Å². The van der Waals surface area contributed by atoms with E-state index < -0.39 is 6.04 Å². The normalized spacial score (nSPS) is 18.9. The standard InChI is InChI=1S/C16H23N3O3/c1-17(2)16(21)13-11-18(3)9-10-19(13)15(20)12-7-5-6-8-14(12)22-4/h5-8,13H,9-11H2,1-4H3/t13-/m1/s1. The summed E-state index contributed by atoms with van der Waals surface area (Å²) in [6.07, 6.45) is 0. The average molecular weight is 305 g/mol. The Morgan fingerprint density at radius 2 is 1.91 bits per heavy atom. The smallest absolute Gasteiger partial charge is 0.258 e. The second-order valence-corrected chi connectivity index (χ2v) is 5.71. The predicted octanol–water partition coefficient (Wildman–Crippen LogP) is 0.540. The van der Waals surface area contributed by atoms with Crippen LogP contribution >= 0.6 is 0 Å². The van der Waals surface area contributed by atoms with Crippen molar-refractivity contribution in [2.45, 2.75) is 6.04 Å². The summed E-state index contributed by atoms with van der Waals surface area (Å²) in [5.74, 6) is 0.308. The van der Waals surface area contributed by atoms with Gasteiger partial charge in [-0.3, -0.25) is 9.59 Å². The van der Waals surface area contributed by atoms with Crippen LogP contribution in [0.25, 0.3) is 0 Å². The van der Waals surface area contributed by atoms with Gasteiger partial charge in [-0.1, -0.05) is 12.1 Å². The van der Waals surface area contributed by atoms with Crippen molar-refractivity contribution in [1.29, 1.82) is 0 Å². The monoisotopic (exact) mass is 305 g/mol. The fourth-order valence-corrected chi connectivity index (χ4v) is 2.65. The molecule has 0 radical (unpaired) electrons. The van der Waals surface area contributed by atoms with E-state index in [1.165, 1.54) is 4.90 Å². The highest BCUT2D eigenvalue weighted by atomic mass is 16.5. The van der Waals surface area contributed by atoms with Crippen LogP contribution in [0.15, 0.2) is 24.3 Å². The SMILES string of the molecule is COc1ccccc1C(=O)N1CCN(C)C[C@@H]1C(=O)N(C)C. The Bertz CT molecular complexity index is 559. The molecule has 1 atom stereocenters. The van der Waals surface area contributed by atoms with Crippen molar-refractivity contribution in [2.24, 2.45) is 0 Å². The number of likely N-dealkylation sites (N-methyl/N-ethyl adjacent to an activating group) is 2. The van der Waals surface area contributed by atoms with Crippen molar-refractivity contribution in [1.82, 2.24) is 14.7 Å². The number of ether oxygens (including phenoxy) is 1. The van der Waals surface area contributed by atoms with Crippen molar-refractivity contribution in [3.05, 3.63) is 29.8 Å². The highest BCUT2D eigenvalue weighted by molar-refractivity contribution is 5.99. The fraction of sp³-hybridized carbons (Fsp3) is 0.500. The Morgan fingerprint density at radius 3 is 2.55 bits per heavy atom. The lowest BCUT2D eigenvalue weighted by Gasteiger charge is -2.40. The zero-order valence-corrected chi connectivity index (χ0v) is 13.6. The van der Waals surface area contributed by atoms with Crippen LogP contribution in [0.1, 0.15) is 10.4 Å². The molecule has 2 rings (SSSR count). The van der Waals surface area contributed by atoms with Gasteiger partial charge < -0.3 is 19.4 Å². The third kappa shape index (κ3) is 3.22. The largest absolute Gasteiger partial charge is 0.496 e. The van der Waals surface area contributed by atoms with Crippen molar-refractivity contribution >= 4 is 11.8 Å². The number of benzene rings is 1. The third-order valence-corrected chi connectivity index (χ3v) is 3.91. The molecule has 6 heteroatoms. The Balaban J connectivity index is 2.31. The Kier molecular flexibility index (Phi) is 5.03. The van der Waals surface area contributed by atoms with Crippen molar-refractivity contribution in [3.63, 3.8) is 0 Å². The van der Waals surface area contributed by atoms with Gasteiger partial charge in [-0.05, 0) is 19.2 Å². The van der Waals surface area contributed by atoms with E-state index >= 15 is 0 Å². The molecule has 1 aliphatic rings. The molecule has 120 valence electrons.